The van der Waals surface area contributed by atoms with Gasteiger partial charge in [0.1, 0.15) is 0 Å². The summed E-state index contributed by atoms with van der Waals surface area (Å²) in [7, 11) is 2.10. The maximum atomic E-state index is 5.97. The van der Waals surface area contributed by atoms with E-state index in [4.69, 9.17) is 5.73 Å². The maximum absolute atomic E-state index is 5.97. The summed E-state index contributed by atoms with van der Waals surface area (Å²) in [6.45, 7) is 1.93. The molecule has 0 amide bonds. The Labute approximate surface area is 96.3 Å². The number of aliphatic imine (C=N–C) groups is 1. The van der Waals surface area contributed by atoms with Crippen molar-refractivity contribution in [1.29, 1.82) is 0 Å². The molecule has 2 rings (SSSR count). The molecule has 0 atom stereocenters. The lowest BCUT2D eigenvalue weighted by molar-refractivity contribution is 0.353. The number of hydrogen-bond acceptors (Lipinski definition) is 3. The molecule has 84 valence electrons. The predicted octanol–water partition coefficient (Wildman–Crippen LogP) is 1.94. The van der Waals surface area contributed by atoms with E-state index in [0.29, 0.717) is 0 Å². The van der Waals surface area contributed by atoms with Gasteiger partial charge in [0, 0.05) is 37.0 Å². The van der Waals surface area contributed by atoms with Gasteiger partial charge in [-0.25, -0.2) is 0 Å². The zero-order chi connectivity index (χ0) is 11.4. The minimum Gasteiger partial charge on any atom is -0.402 e. The van der Waals surface area contributed by atoms with Gasteiger partial charge in [0.2, 0.25) is 0 Å². The second-order valence-corrected chi connectivity index (χ2v) is 4.13. The van der Waals surface area contributed by atoms with Crippen molar-refractivity contribution in [3.8, 4) is 0 Å². The van der Waals surface area contributed by atoms with E-state index in [2.05, 4.69) is 16.9 Å². The second kappa shape index (κ2) is 4.94. The Bertz CT molecular complexity index is 406. The molecule has 2 N–H and O–H groups in total. The molecule has 0 saturated carbocycles. The van der Waals surface area contributed by atoms with E-state index >= 15 is 0 Å². The molecule has 1 aliphatic heterocycles. The van der Waals surface area contributed by atoms with Crippen molar-refractivity contribution >= 4 is 11.9 Å². The first-order chi connectivity index (χ1) is 7.75. The fraction of sp³-hybridized carbons (Fsp3) is 0.308. The van der Waals surface area contributed by atoms with Crippen LogP contribution in [0.3, 0.4) is 0 Å². The van der Waals surface area contributed by atoms with E-state index < -0.39 is 0 Å². The van der Waals surface area contributed by atoms with Gasteiger partial charge in [-0.05, 0) is 19.2 Å². The molecule has 0 radical (unpaired) electrons. The van der Waals surface area contributed by atoms with Gasteiger partial charge in [0.05, 0.1) is 5.69 Å². The van der Waals surface area contributed by atoms with Gasteiger partial charge in [0.25, 0.3) is 0 Å². The van der Waals surface area contributed by atoms with E-state index in [9.17, 15) is 0 Å². The lowest BCUT2D eigenvalue weighted by Crippen LogP contribution is -2.30. The molecule has 0 fully saturated rings. The Morgan fingerprint density at radius 3 is 2.81 bits per heavy atom. The highest BCUT2D eigenvalue weighted by Crippen LogP contribution is 2.14. The monoisotopic (exact) mass is 215 g/mol. The number of rotatable bonds is 2. The summed E-state index contributed by atoms with van der Waals surface area (Å²) in [5, 5.41) is 0. The summed E-state index contributed by atoms with van der Waals surface area (Å²) in [6, 6.07) is 9.93. The molecule has 0 bridgehead atoms. The summed E-state index contributed by atoms with van der Waals surface area (Å²) in [6.07, 6.45) is 2.83. The molecule has 0 saturated heterocycles. The van der Waals surface area contributed by atoms with Crippen LogP contribution in [0.25, 0.3) is 0 Å². The lowest BCUT2D eigenvalue weighted by atomic mass is 10.1. The van der Waals surface area contributed by atoms with Gasteiger partial charge in [-0.1, -0.05) is 18.2 Å². The van der Waals surface area contributed by atoms with Gasteiger partial charge in [-0.3, -0.25) is 4.99 Å². The van der Waals surface area contributed by atoms with Crippen LogP contribution in [0.5, 0.6) is 0 Å². The molecule has 1 heterocycles. The van der Waals surface area contributed by atoms with Crippen LogP contribution in [-0.4, -0.2) is 31.3 Å². The van der Waals surface area contributed by atoms with Crippen LogP contribution in [0.15, 0.2) is 46.6 Å². The van der Waals surface area contributed by atoms with E-state index in [-0.39, 0.29) is 0 Å². The third-order valence-corrected chi connectivity index (χ3v) is 2.74. The zero-order valence-electron chi connectivity index (χ0n) is 9.56. The Kier molecular flexibility index (Phi) is 3.37. The Morgan fingerprint density at radius 1 is 1.31 bits per heavy atom. The number of benzene rings is 1. The van der Waals surface area contributed by atoms with Crippen molar-refractivity contribution in [1.82, 2.24) is 4.90 Å². The maximum Gasteiger partial charge on any atom is 0.0629 e. The van der Waals surface area contributed by atoms with E-state index in [1.54, 1.807) is 0 Å². The van der Waals surface area contributed by atoms with E-state index in [0.717, 1.165) is 36.5 Å². The van der Waals surface area contributed by atoms with Crippen molar-refractivity contribution < 1.29 is 0 Å². The highest BCUT2D eigenvalue weighted by atomic mass is 15.1. The fourth-order valence-electron chi connectivity index (χ4n) is 1.73. The first-order valence-corrected chi connectivity index (χ1v) is 5.51. The van der Waals surface area contributed by atoms with Crippen molar-refractivity contribution in [2.24, 2.45) is 10.7 Å². The molecule has 16 heavy (non-hydrogen) atoms. The Balaban J connectivity index is 2.12. The minimum absolute atomic E-state index is 0.891. The van der Waals surface area contributed by atoms with Crippen molar-refractivity contribution in [2.45, 2.75) is 6.42 Å². The first kappa shape index (κ1) is 10.9. The van der Waals surface area contributed by atoms with Crippen LogP contribution in [0.4, 0.5) is 5.69 Å². The number of likely N-dealkylation sites (N-methyl/N-ethyl adjacent to an activating group) is 1. The molecule has 0 unspecified atom stereocenters. The average Bonchev–Trinajstić information content (AvgIpc) is 2.32. The van der Waals surface area contributed by atoms with E-state index in [1.807, 2.05) is 36.5 Å². The van der Waals surface area contributed by atoms with Gasteiger partial charge in [0.15, 0.2) is 0 Å². The van der Waals surface area contributed by atoms with Crippen LogP contribution in [0.1, 0.15) is 6.42 Å². The minimum atomic E-state index is 0.891. The summed E-state index contributed by atoms with van der Waals surface area (Å²) in [5.74, 6) is 0. The third-order valence-electron chi connectivity index (χ3n) is 2.74. The van der Waals surface area contributed by atoms with Crippen LogP contribution in [-0.2, 0) is 0 Å². The molecule has 0 spiro atoms. The molecule has 0 aliphatic carbocycles. The molecular formula is C13H17N3. The van der Waals surface area contributed by atoms with Crippen LogP contribution < -0.4 is 5.73 Å². The molecule has 1 aliphatic rings. The Morgan fingerprint density at radius 2 is 2.06 bits per heavy atom. The first-order valence-electron chi connectivity index (χ1n) is 5.51. The summed E-state index contributed by atoms with van der Waals surface area (Å²) in [5.41, 5.74) is 9.04. The van der Waals surface area contributed by atoms with Crippen LogP contribution >= 0.6 is 0 Å². The molecule has 3 nitrogen and oxygen atoms in total. The number of hydrogen-bond donors (Lipinski definition) is 1. The largest absolute Gasteiger partial charge is 0.402 e. The van der Waals surface area contributed by atoms with Crippen molar-refractivity contribution in [3.63, 3.8) is 0 Å². The summed E-state index contributed by atoms with van der Waals surface area (Å²) < 4.78 is 0. The molecule has 1 aromatic rings. The van der Waals surface area contributed by atoms with Crippen molar-refractivity contribution in [2.75, 3.05) is 20.1 Å². The van der Waals surface area contributed by atoms with Crippen LogP contribution in [0.2, 0.25) is 0 Å². The fourth-order valence-corrected chi connectivity index (χ4v) is 1.73. The smallest absolute Gasteiger partial charge is 0.0629 e. The van der Waals surface area contributed by atoms with E-state index in [1.165, 1.54) is 0 Å². The third kappa shape index (κ3) is 2.70. The summed E-state index contributed by atoms with van der Waals surface area (Å²) >= 11 is 0. The number of nitrogens with zero attached hydrogens (tertiary/aromatic N) is 2. The zero-order valence-corrected chi connectivity index (χ0v) is 9.56. The topological polar surface area (TPSA) is 41.6 Å². The summed E-state index contributed by atoms with van der Waals surface area (Å²) in [4.78, 5) is 6.68. The molecule has 0 aromatic heterocycles. The van der Waals surface area contributed by atoms with Gasteiger partial charge >= 0.3 is 0 Å². The highest BCUT2D eigenvalue weighted by Gasteiger charge is 2.11. The van der Waals surface area contributed by atoms with Crippen LogP contribution in [0, 0.1) is 0 Å². The molecule has 1 aromatic carbocycles. The van der Waals surface area contributed by atoms with Gasteiger partial charge in [-0.15, -0.1) is 0 Å². The molecule has 3 heteroatoms. The standard InChI is InChI=1S/C13H17N3/c1-16-8-7-13(14)11(10-16)9-15-12-5-3-2-4-6-12/h2-6,9H,7-8,10,14H2,1H3. The van der Waals surface area contributed by atoms with Crippen molar-refractivity contribution in [3.05, 3.63) is 41.6 Å². The van der Waals surface area contributed by atoms with Gasteiger partial charge in [-0.2, -0.15) is 0 Å². The lowest BCUT2D eigenvalue weighted by Gasteiger charge is -2.23. The van der Waals surface area contributed by atoms with Gasteiger partial charge < -0.3 is 10.6 Å². The SMILES string of the molecule is CN1CCC(N)=C(C=Nc2ccccc2)C1. The average molecular weight is 215 g/mol. The molecular weight excluding hydrogens is 198 g/mol. The number of para-hydroxylation sites is 1. The quantitative estimate of drug-likeness (QED) is 0.766. The normalized spacial score (nSPS) is 18.3. The Hall–Kier alpha value is -1.61. The predicted molar refractivity (Wildman–Crippen MR) is 67.9 cm³/mol. The highest BCUT2D eigenvalue weighted by molar-refractivity contribution is 5.82. The second-order valence-electron chi connectivity index (χ2n) is 4.13. The number of nitrogens with two attached hydrogens (primary N) is 1.